The fraction of sp³-hybridized carbons (Fsp3) is 0.286. The predicted molar refractivity (Wildman–Crippen MR) is 71.7 cm³/mol. The number of hydrogen-bond donors (Lipinski definition) is 0. The molecule has 0 saturated heterocycles. The topological polar surface area (TPSA) is 18.5 Å². The van der Waals surface area contributed by atoms with Crippen LogP contribution in [0.4, 0.5) is 4.39 Å². The summed E-state index contributed by atoms with van der Waals surface area (Å²) in [6.45, 7) is 7.49. The van der Waals surface area contributed by atoms with Crippen molar-refractivity contribution < 1.29 is 13.9 Å². The summed E-state index contributed by atoms with van der Waals surface area (Å²) >= 11 is 5.96. The number of allylic oxidation sites excluding steroid dienone is 7. The van der Waals surface area contributed by atoms with Crippen LogP contribution in [0.2, 0.25) is 0 Å². The monoisotopic (exact) mass is 270 g/mol. The maximum absolute atomic E-state index is 13.6. The van der Waals surface area contributed by atoms with Crippen LogP contribution in [0.25, 0.3) is 0 Å². The highest BCUT2D eigenvalue weighted by molar-refractivity contribution is 6.31. The summed E-state index contributed by atoms with van der Waals surface area (Å²) < 4.78 is 23.4. The van der Waals surface area contributed by atoms with Gasteiger partial charge in [-0.05, 0) is 29.7 Å². The lowest BCUT2D eigenvalue weighted by Crippen LogP contribution is -2.00. The van der Waals surface area contributed by atoms with Crippen molar-refractivity contribution in [3.05, 3.63) is 58.8 Å². The Balaban J connectivity index is 2.88. The Kier molecular flexibility index (Phi) is 5.23. The van der Waals surface area contributed by atoms with Gasteiger partial charge in [-0.1, -0.05) is 24.8 Å². The third-order valence-electron chi connectivity index (χ3n) is 2.66. The van der Waals surface area contributed by atoms with Crippen molar-refractivity contribution in [1.82, 2.24) is 0 Å². The number of hydrogen-bond acceptors (Lipinski definition) is 2. The molecule has 0 bridgehead atoms. The van der Waals surface area contributed by atoms with E-state index in [4.69, 9.17) is 21.1 Å². The molecule has 0 atom stereocenters. The Morgan fingerprint density at radius 2 is 2.06 bits per heavy atom. The molecule has 0 amide bonds. The molecule has 0 aromatic heterocycles. The number of rotatable bonds is 5. The van der Waals surface area contributed by atoms with Crippen molar-refractivity contribution >= 4 is 11.6 Å². The zero-order chi connectivity index (χ0) is 13.7. The Morgan fingerprint density at radius 3 is 2.56 bits per heavy atom. The van der Waals surface area contributed by atoms with Crippen LogP contribution in [0.1, 0.15) is 12.8 Å². The standard InChI is InChI=1S/C14H16ClFO2/c1-9(7-12(15)10(2)17-3)11-5-6-14(18-4)13(16)8-11/h7-8H,1-2,5-6H2,3-4H3/b12-7+. The van der Waals surface area contributed by atoms with E-state index in [1.165, 1.54) is 20.3 Å². The number of methoxy groups -OCH3 is 2. The molecule has 0 aliphatic heterocycles. The van der Waals surface area contributed by atoms with Crippen LogP contribution in [0, 0.1) is 0 Å². The Labute approximate surface area is 112 Å². The van der Waals surface area contributed by atoms with Gasteiger partial charge in [0.1, 0.15) is 11.5 Å². The zero-order valence-corrected chi connectivity index (χ0v) is 11.3. The van der Waals surface area contributed by atoms with E-state index < -0.39 is 0 Å². The third-order valence-corrected chi connectivity index (χ3v) is 2.98. The van der Waals surface area contributed by atoms with E-state index in [1.54, 1.807) is 6.08 Å². The smallest absolute Gasteiger partial charge is 0.161 e. The van der Waals surface area contributed by atoms with Gasteiger partial charge in [-0.25, -0.2) is 4.39 Å². The first-order chi connectivity index (χ1) is 8.49. The van der Waals surface area contributed by atoms with E-state index in [0.717, 1.165) is 5.57 Å². The van der Waals surface area contributed by atoms with E-state index in [-0.39, 0.29) is 5.83 Å². The molecule has 4 heteroatoms. The molecule has 0 fully saturated rings. The average molecular weight is 271 g/mol. The van der Waals surface area contributed by atoms with Crippen molar-refractivity contribution in [2.24, 2.45) is 0 Å². The Hall–Kier alpha value is -1.48. The second-order valence-corrected chi connectivity index (χ2v) is 4.20. The lowest BCUT2D eigenvalue weighted by Gasteiger charge is -2.15. The predicted octanol–water partition coefficient (Wildman–Crippen LogP) is 4.37. The SMILES string of the molecule is C=C(/C=C(/Cl)C(=C)OC)C1=CC(F)=C(OC)CC1. The second-order valence-electron chi connectivity index (χ2n) is 3.79. The first-order valence-corrected chi connectivity index (χ1v) is 5.80. The van der Waals surface area contributed by atoms with Crippen LogP contribution in [0.15, 0.2) is 58.8 Å². The minimum absolute atomic E-state index is 0.350. The molecule has 0 heterocycles. The fourth-order valence-corrected chi connectivity index (χ4v) is 1.76. The van der Waals surface area contributed by atoms with Gasteiger partial charge >= 0.3 is 0 Å². The molecule has 0 saturated carbocycles. The summed E-state index contributed by atoms with van der Waals surface area (Å²) in [6.07, 6.45) is 4.21. The molecule has 0 radical (unpaired) electrons. The minimum atomic E-state index is -0.366. The fourth-order valence-electron chi connectivity index (χ4n) is 1.55. The molecular weight excluding hydrogens is 255 g/mol. The quantitative estimate of drug-likeness (QED) is 0.545. The summed E-state index contributed by atoms with van der Waals surface area (Å²) in [7, 11) is 2.94. The molecule has 0 spiro atoms. The summed E-state index contributed by atoms with van der Waals surface area (Å²) in [5.41, 5.74) is 1.43. The molecule has 1 rings (SSSR count). The third kappa shape index (κ3) is 3.50. The normalized spacial score (nSPS) is 16.2. The van der Waals surface area contributed by atoms with Gasteiger partial charge in [0.2, 0.25) is 0 Å². The highest BCUT2D eigenvalue weighted by atomic mass is 35.5. The van der Waals surface area contributed by atoms with Crippen molar-refractivity contribution in [2.75, 3.05) is 14.2 Å². The molecule has 0 N–H and O–H groups in total. The summed E-state index contributed by atoms with van der Waals surface area (Å²) in [6, 6.07) is 0. The highest BCUT2D eigenvalue weighted by Gasteiger charge is 2.15. The van der Waals surface area contributed by atoms with Crippen LogP contribution in [0.5, 0.6) is 0 Å². The van der Waals surface area contributed by atoms with Gasteiger partial charge < -0.3 is 9.47 Å². The number of halogens is 2. The van der Waals surface area contributed by atoms with Crippen molar-refractivity contribution in [3.8, 4) is 0 Å². The maximum atomic E-state index is 13.6. The van der Waals surface area contributed by atoms with Crippen LogP contribution < -0.4 is 0 Å². The van der Waals surface area contributed by atoms with Gasteiger partial charge in [-0.2, -0.15) is 0 Å². The van der Waals surface area contributed by atoms with Crippen LogP contribution in [0.3, 0.4) is 0 Å². The lowest BCUT2D eigenvalue weighted by molar-refractivity contribution is 0.261. The molecule has 18 heavy (non-hydrogen) atoms. The minimum Gasteiger partial charge on any atom is -0.498 e. The summed E-state index contributed by atoms with van der Waals surface area (Å²) in [4.78, 5) is 0. The van der Waals surface area contributed by atoms with E-state index >= 15 is 0 Å². The van der Waals surface area contributed by atoms with Gasteiger partial charge in [0.15, 0.2) is 5.83 Å². The van der Waals surface area contributed by atoms with Gasteiger partial charge in [0, 0.05) is 6.42 Å². The van der Waals surface area contributed by atoms with Crippen molar-refractivity contribution in [1.29, 1.82) is 0 Å². The van der Waals surface area contributed by atoms with Crippen LogP contribution >= 0.6 is 11.6 Å². The molecule has 2 nitrogen and oxygen atoms in total. The molecule has 98 valence electrons. The summed E-state index contributed by atoms with van der Waals surface area (Å²) in [5, 5.41) is 0.352. The molecule has 0 aromatic carbocycles. The van der Waals surface area contributed by atoms with E-state index in [1.807, 2.05) is 0 Å². The average Bonchev–Trinajstić information content (AvgIpc) is 2.37. The maximum Gasteiger partial charge on any atom is 0.161 e. The van der Waals surface area contributed by atoms with Crippen LogP contribution in [-0.4, -0.2) is 14.2 Å². The lowest BCUT2D eigenvalue weighted by atomic mass is 9.96. The van der Waals surface area contributed by atoms with Gasteiger partial charge in [-0.3, -0.25) is 0 Å². The summed E-state index contributed by atoms with van der Waals surface area (Å²) in [5.74, 6) is 0.348. The largest absolute Gasteiger partial charge is 0.498 e. The van der Waals surface area contributed by atoms with Crippen molar-refractivity contribution in [2.45, 2.75) is 12.8 Å². The zero-order valence-electron chi connectivity index (χ0n) is 10.6. The van der Waals surface area contributed by atoms with Gasteiger partial charge in [-0.15, -0.1) is 0 Å². The highest BCUT2D eigenvalue weighted by Crippen LogP contribution is 2.30. The molecule has 0 aromatic rings. The van der Waals surface area contributed by atoms with E-state index in [0.29, 0.717) is 35.0 Å². The molecule has 1 aliphatic carbocycles. The Morgan fingerprint density at radius 1 is 1.39 bits per heavy atom. The van der Waals surface area contributed by atoms with E-state index in [2.05, 4.69) is 13.2 Å². The molecular formula is C14H16ClFO2. The second kappa shape index (κ2) is 6.45. The molecule has 1 aliphatic rings. The van der Waals surface area contributed by atoms with Crippen LogP contribution in [-0.2, 0) is 9.47 Å². The van der Waals surface area contributed by atoms with E-state index in [9.17, 15) is 4.39 Å². The molecule has 0 unspecified atom stereocenters. The first-order valence-electron chi connectivity index (χ1n) is 5.42. The van der Waals surface area contributed by atoms with Gasteiger partial charge in [0.25, 0.3) is 0 Å². The first kappa shape index (κ1) is 14.6. The van der Waals surface area contributed by atoms with Gasteiger partial charge in [0.05, 0.1) is 19.3 Å². The van der Waals surface area contributed by atoms with Crippen molar-refractivity contribution in [3.63, 3.8) is 0 Å². The Bertz CT molecular complexity index is 458. The number of ether oxygens (including phenoxy) is 2.